The highest BCUT2D eigenvalue weighted by atomic mass is 16.6. The molecule has 7 nitrogen and oxygen atoms in total. The second-order valence-corrected chi connectivity index (χ2v) is 3.62. The van der Waals surface area contributed by atoms with E-state index in [9.17, 15) is 14.9 Å². The lowest BCUT2D eigenvalue weighted by atomic mass is 10.2. The zero-order valence-electron chi connectivity index (χ0n) is 10.0. The maximum atomic E-state index is 10.9. The van der Waals surface area contributed by atoms with Crippen LogP contribution in [0.4, 0.5) is 11.4 Å². The standard InChI is InChI=1S/C11H14N2O5/c1-3-10(11(14)15)12-7-4-8(13(16)17)6-9(5-7)18-2/h4-6,10,12H,3H2,1-2H3,(H,14,15). The monoisotopic (exact) mass is 254 g/mol. The van der Waals surface area contributed by atoms with E-state index in [1.54, 1.807) is 6.92 Å². The fraction of sp³-hybridized carbons (Fsp3) is 0.364. The Bertz CT molecular complexity index is 461. The second kappa shape index (κ2) is 5.85. The number of nitro groups is 1. The highest BCUT2D eigenvalue weighted by Gasteiger charge is 2.17. The summed E-state index contributed by atoms with van der Waals surface area (Å²) in [6.45, 7) is 1.71. The maximum Gasteiger partial charge on any atom is 0.326 e. The molecular weight excluding hydrogens is 240 g/mol. The molecule has 98 valence electrons. The van der Waals surface area contributed by atoms with Gasteiger partial charge in [-0.25, -0.2) is 4.79 Å². The topological polar surface area (TPSA) is 102 Å². The molecule has 2 N–H and O–H groups in total. The Morgan fingerprint density at radius 2 is 2.22 bits per heavy atom. The fourth-order valence-corrected chi connectivity index (χ4v) is 1.43. The smallest absolute Gasteiger partial charge is 0.326 e. The molecule has 0 saturated heterocycles. The Morgan fingerprint density at radius 1 is 1.56 bits per heavy atom. The molecule has 0 aliphatic rings. The van der Waals surface area contributed by atoms with E-state index in [1.165, 1.54) is 25.3 Å². The summed E-state index contributed by atoms with van der Waals surface area (Å²) in [6, 6.07) is 3.26. The van der Waals surface area contributed by atoms with Gasteiger partial charge in [0.25, 0.3) is 5.69 Å². The van der Waals surface area contributed by atoms with Gasteiger partial charge in [-0.05, 0) is 6.42 Å². The Kier molecular flexibility index (Phi) is 4.47. The minimum Gasteiger partial charge on any atom is -0.496 e. The molecule has 0 amide bonds. The number of anilines is 1. The van der Waals surface area contributed by atoms with E-state index in [-0.39, 0.29) is 5.69 Å². The number of aliphatic carboxylic acids is 1. The van der Waals surface area contributed by atoms with Crippen LogP contribution in [0.25, 0.3) is 0 Å². The van der Waals surface area contributed by atoms with Crippen LogP contribution in [0.1, 0.15) is 13.3 Å². The number of nitrogens with zero attached hydrogens (tertiary/aromatic N) is 1. The number of carboxylic acid groups (broad SMARTS) is 1. The van der Waals surface area contributed by atoms with Crippen molar-refractivity contribution < 1.29 is 19.6 Å². The molecule has 1 aromatic rings. The minimum absolute atomic E-state index is 0.155. The first-order valence-corrected chi connectivity index (χ1v) is 5.30. The number of nitrogens with one attached hydrogen (secondary N) is 1. The van der Waals surface area contributed by atoms with Crippen molar-refractivity contribution in [2.75, 3.05) is 12.4 Å². The quantitative estimate of drug-likeness (QED) is 0.593. The van der Waals surface area contributed by atoms with E-state index in [1.807, 2.05) is 0 Å². The van der Waals surface area contributed by atoms with E-state index >= 15 is 0 Å². The molecule has 1 aromatic carbocycles. The first kappa shape index (κ1) is 13.8. The number of carbonyl (C=O) groups is 1. The Morgan fingerprint density at radius 3 is 2.67 bits per heavy atom. The molecule has 0 fully saturated rings. The molecule has 1 rings (SSSR count). The van der Waals surface area contributed by atoms with Gasteiger partial charge in [-0.3, -0.25) is 10.1 Å². The minimum atomic E-state index is -1.01. The van der Waals surface area contributed by atoms with E-state index in [4.69, 9.17) is 9.84 Å². The molecule has 0 saturated carbocycles. The normalized spacial score (nSPS) is 11.7. The van der Waals surface area contributed by atoms with Crippen LogP contribution in [0.5, 0.6) is 5.75 Å². The molecule has 0 aromatic heterocycles. The van der Waals surface area contributed by atoms with Gasteiger partial charge in [0, 0.05) is 17.8 Å². The van der Waals surface area contributed by atoms with Gasteiger partial charge in [0.1, 0.15) is 11.8 Å². The van der Waals surface area contributed by atoms with Crippen molar-refractivity contribution in [3.8, 4) is 5.75 Å². The van der Waals surface area contributed by atoms with Gasteiger partial charge in [-0.1, -0.05) is 6.92 Å². The molecule has 7 heteroatoms. The Balaban J connectivity index is 3.04. The van der Waals surface area contributed by atoms with Gasteiger partial charge in [0.05, 0.1) is 18.1 Å². The molecule has 0 heterocycles. The SMILES string of the molecule is CCC(Nc1cc(OC)cc([N+](=O)[O-])c1)C(=O)O. The molecule has 0 bridgehead atoms. The summed E-state index contributed by atoms with van der Waals surface area (Å²) in [5.41, 5.74) is 0.187. The average Bonchev–Trinajstić information content (AvgIpc) is 2.34. The predicted octanol–water partition coefficient (Wildman–Crippen LogP) is 1.88. The third-order valence-electron chi connectivity index (χ3n) is 2.39. The van der Waals surface area contributed by atoms with Gasteiger partial charge in [-0.2, -0.15) is 0 Å². The molecule has 0 radical (unpaired) electrons. The molecule has 0 aliphatic carbocycles. The van der Waals surface area contributed by atoms with Crippen LogP contribution >= 0.6 is 0 Å². The fourth-order valence-electron chi connectivity index (χ4n) is 1.43. The summed E-state index contributed by atoms with van der Waals surface area (Å²) in [5, 5.41) is 22.3. The van der Waals surface area contributed by atoms with E-state index in [0.717, 1.165) is 0 Å². The number of rotatable bonds is 6. The summed E-state index contributed by atoms with van der Waals surface area (Å²) >= 11 is 0. The summed E-state index contributed by atoms with van der Waals surface area (Å²) < 4.78 is 4.93. The highest BCUT2D eigenvalue weighted by Crippen LogP contribution is 2.26. The number of carboxylic acids is 1. The van der Waals surface area contributed by atoms with Crippen LogP contribution in [0.2, 0.25) is 0 Å². The largest absolute Gasteiger partial charge is 0.496 e. The summed E-state index contributed by atoms with van der Waals surface area (Å²) in [7, 11) is 1.39. The molecule has 0 spiro atoms. The lowest BCUT2D eigenvalue weighted by molar-refractivity contribution is -0.384. The number of hydrogen-bond donors (Lipinski definition) is 2. The van der Waals surface area contributed by atoms with Gasteiger partial charge in [-0.15, -0.1) is 0 Å². The van der Waals surface area contributed by atoms with Crippen molar-refractivity contribution in [1.82, 2.24) is 0 Å². The van der Waals surface area contributed by atoms with Crippen molar-refractivity contribution in [3.05, 3.63) is 28.3 Å². The molecule has 1 atom stereocenters. The Hall–Kier alpha value is -2.31. The van der Waals surface area contributed by atoms with Crippen LogP contribution < -0.4 is 10.1 Å². The van der Waals surface area contributed by atoms with E-state index in [2.05, 4.69) is 5.32 Å². The van der Waals surface area contributed by atoms with Crippen molar-refractivity contribution in [1.29, 1.82) is 0 Å². The maximum absolute atomic E-state index is 10.9. The number of benzene rings is 1. The summed E-state index contributed by atoms with van der Waals surface area (Å²) in [5.74, 6) is -0.713. The highest BCUT2D eigenvalue weighted by molar-refractivity contribution is 5.77. The van der Waals surface area contributed by atoms with Gasteiger partial charge in [0.15, 0.2) is 0 Å². The van der Waals surface area contributed by atoms with Crippen molar-refractivity contribution in [2.45, 2.75) is 19.4 Å². The van der Waals surface area contributed by atoms with Crippen LogP contribution in [-0.4, -0.2) is 29.2 Å². The molecule has 1 unspecified atom stereocenters. The van der Waals surface area contributed by atoms with Gasteiger partial charge < -0.3 is 15.2 Å². The van der Waals surface area contributed by atoms with Crippen LogP contribution in [0.3, 0.4) is 0 Å². The number of methoxy groups -OCH3 is 1. The van der Waals surface area contributed by atoms with Crippen molar-refractivity contribution in [2.24, 2.45) is 0 Å². The van der Waals surface area contributed by atoms with Crippen molar-refractivity contribution in [3.63, 3.8) is 0 Å². The lowest BCUT2D eigenvalue weighted by Gasteiger charge is -2.14. The lowest BCUT2D eigenvalue weighted by Crippen LogP contribution is -2.28. The average molecular weight is 254 g/mol. The van der Waals surface area contributed by atoms with Crippen LogP contribution in [-0.2, 0) is 4.79 Å². The van der Waals surface area contributed by atoms with Gasteiger partial charge in [0.2, 0.25) is 0 Å². The number of hydrogen-bond acceptors (Lipinski definition) is 5. The summed E-state index contributed by atoms with van der Waals surface area (Å²) in [6.07, 6.45) is 0.361. The molecule has 0 aliphatic heterocycles. The predicted molar refractivity (Wildman–Crippen MR) is 65.0 cm³/mol. The second-order valence-electron chi connectivity index (χ2n) is 3.62. The van der Waals surface area contributed by atoms with Crippen molar-refractivity contribution >= 4 is 17.3 Å². The zero-order valence-corrected chi connectivity index (χ0v) is 10.0. The van der Waals surface area contributed by atoms with E-state index < -0.39 is 16.9 Å². The zero-order chi connectivity index (χ0) is 13.7. The Labute approximate surface area is 104 Å². The first-order chi connectivity index (χ1) is 8.47. The van der Waals surface area contributed by atoms with Crippen LogP contribution in [0.15, 0.2) is 18.2 Å². The third-order valence-corrected chi connectivity index (χ3v) is 2.39. The van der Waals surface area contributed by atoms with Crippen LogP contribution in [0, 0.1) is 10.1 Å². The first-order valence-electron chi connectivity index (χ1n) is 5.30. The molecule has 18 heavy (non-hydrogen) atoms. The number of non-ortho nitro benzene ring substituents is 1. The number of nitro benzene ring substituents is 1. The van der Waals surface area contributed by atoms with E-state index in [0.29, 0.717) is 17.9 Å². The third kappa shape index (κ3) is 3.34. The van der Waals surface area contributed by atoms with Gasteiger partial charge >= 0.3 is 5.97 Å². The molecular formula is C11H14N2O5. The number of ether oxygens (including phenoxy) is 1. The summed E-state index contributed by atoms with van der Waals surface area (Å²) in [4.78, 5) is 21.0.